The monoisotopic (exact) mass is 199 g/mol. The van der Waals surface area contributed by atoms with Gasteiger partial charge in [-0.15, -0.1) is 11.3 Å². The van der Waals surface area contributed by atoms with Crippen LogP contribution in [0.1, 0.15) is 19.3 Å². The number of nitrogens with two attached hydrogens (primary N) is 1. The maximum Gasteiger partial charge on any atom is 0.217 e. The molecule has 3 N–H and O–H groups in total. The van der Waals surface area contributed by atoms with Crippen LogP contribution in [0.25, 0.3) is 0 Å². The van der Waals surface area contributed by atoms with E-state index in [0.29, 0.717) is 6.42 Å². The van der Waals surface area contributed by atoms with Gasteiger partial charge >= 0.3 is 0 Å². The molecule has 0 saturated carbocycles. The van der Waals surface area contributed by atoms with Crippen molar-refractivity contribution in [3.8, 4) is 0 Å². The van der Waals surface area contributed by atoms with Gasteiger partial charge in [0, 0.05) is 24.5 Å². The van der Waals surface area contributed by atoms with Crippen molar-refractivity contribution in [2.24, 2.45) is 5.73 Å². The molecule has 72 valence electrons. The van der Waals surface area contributed by atoms with Crippen LogP contribution >= 0.6 is 11.3 Å². The third kappa shape index (κ3) is 4.47. The summed E-state index contributed by atoms with van der Waals surface area (Å²) in [5, 5.41) is 6.01. The molecule has 4 nitrogen and oxygen atoms in total. The topological polar surface area (TPSA) is 68.0 Å². The SMILES string of the molecule is NC(=O)CCCCNc1nccs1. The first kappa shape index (κ1) is 9.98. The van der Waals surface area contributed by atoms with Crippen LogP contribution in [0.2, 0.25) is 0 Å². The minimum absolute atomic E-state index is 0.228. The van der Waals surface area contributed by atoms with Crippen molar-refractivity contribution in [3.05, 3.63) is 11.6 Å². The Morgan fingerprint density at radius 3 is 3.08 bits per heavy atom. The first-order valence-electron chi connectivity index (χ1n) is 4.20. The average Bonchev–Trinajstić information content (AvgIpc) is 2.55. The normalized spacial score (nSPS) is 9.85. The summed E-state index contributed by atoms with van der Waals surface area (Å²) < 4.78 is 0. The van der Waals surface area contributed by atoms with Crippen molar-refractivity contribution in [3.63, 3.8) is 0 Å². The summed E-state index contributed by atoms with van der Waals surface area (Å²) in [6, 6.07) is 0. The molecular weight excluding hydrogens is 186 g/mol. The Bertz CT molecular complexity index is 248. The van der Waals surface area contributed by atoms with Gasteiger partial charge in [0.05, 0.1) is 0 Å². The van der Waals surface area contributed by atoms with Gasteiger partial charge in [-0.3, -0.25) is 4.79 Å². The van der Waals surface area contributed by atoms with E-state index in [1.165, 1.54) is 0 Å². The first-order chi connectivity index (χ1) is 6.29. The second kappa shape index (κ2) is 5.53. The lowest BCUT2D eigenvalue weighted by molar-refractivity contribution is -0.118. The summed E-state index contributed by atoms with van der Waals surface area (Å²) in [7, 11) is 0. The Hall–Kier alpha value is -1.10. The van der Waals surface area contributed by atoms with E-state index < -0.39 is 0 Å². The van der Waals surface area contributed by atoms with Crippen LogP contribution in [-0.2, 0) is 4.79 Å². The van der Waals surface area contributed by atoms with E-state index in [1.54, 1.807) is 17.5 Å². The Kier molecular flexibility index (Phi) is 4.25. The maximum atomic E-state index is 10.4. The quantitative estimate of drug-likeness (QED) is 0.677. The zero-order chi connectivity index (χ0) is 9.52. The third-order valence-corrected chi connectivity index (χ3v) is 2.29. The molecule has 1 amide bonds. The van der Waals surface area contributed by atoms with Gasteiger partial charge in [-0.05, 0) is 12.8 Å². The van der Waals surface area contributed by atoms with Gasteiger partial charge in [0.1, 0.15) is 0 Å². The molecule has 0 aliphatic carbocycles. The number of nitrogens with one attached hydrogen (secondary N) is 1. The molecular formula is C8H13N3OS. The molecule has 0 aromatic carbocycles. The average molecular weight is 199 g/mol. The Balaban J connectivity index is 1.99. The van der Waals surface area contributed by atoms with Gasteiger partial charge < -0.3 is 11.1 Å². The fourth-order valence-electron chi connectivity index (χ4n) is 0.930. The lowest BCUT2D eigenvalue weighted by Crippen LogP contribution is -2.10. The molecule has 13 heavy (non-hydrogen) atoms. The van der Waals surface area contributed by atoms with Crippen LogP contribution in [0.15, 0.2) is 11.6 Å². The molecule has 0 radical (unpaired) electrons. The van der Waals surface area contributed by atoms with Crippen LogP contribution in [0.3, 0.4) is 0 Å². The maximum absolute atomic E-state index is 10.4. The standard InChI is InChI=1S/C8H13N3OS/c9-7(12)3-1-2-4-10-8-11-5-6-13-8/h5-6H,1-4H2,(H2,9,12)(H,10,11). The van der Waals surface area contributed by atoms with Crippen molar-refractivity contribution in [2.75, 3.05) is 11.9 Å². The molecule has 0 saturated heterocycles. The zero-order valence-electron chi connectivity index (χ0n) is 7.32. The van der Waals surface area contributed by atoms with Gasteiger partial charge in [0.2, 0.25) is 5.91 Å². The molecule has 5 heteroatoms. The number of carbonyl (C=O) groups excluding carboxylic acids is 1. The molecule has 0 aliphatic heterocycles. The van der Waals surface area contributed by atoms with Crippen LogP contribution in [0.5, 0.6) is 0 Å². The Labute approximate surface area is 81.2 Å². The second-order valence-corrected chi connectivity index (χ2v) is 3.58. The number of unbranched alkanes of at least 4 members (excludes halogenated alkanes) is 1. The highest BCUT2D eigenvalue weighted by molar-refractivity contribution is 7.13. The Morgan fingerprint density at radius 2 is 2.46 bits per heavy atom. The zero-order valence-corrected chi connectivity index (χ0v) is 8.14. The summed E-state index contributed by atoms with van der Waals surface area (Å²) in [6.07, 6.45) is 4.02. The van der Waals surface area contributed by atoms with Gasteiger partial charge in [0.25, 0.3) is 0 Å². The van der Waals surface area contributed by atoms with E-state index in [9.17, 15) is 4.79 Å². The third-order valence-electron chi connectivity index (χ3n) is 1.56. The molecule has 0 atom stereocenters. The minimum Gasteiger partial charge on any atom is -0.370 e. The molecule has 0 unspecified atom stereocenters. The van der Waals surface area contributed by atoms with Gasteiger partial charge in [0.15, 0.2) is 5.13 Å². The summed E-state index contributed by atoms with van der Waals surface area (Å²) in [5.74, 6) is -0.228. The van der Waals surface area contributed by atoms with E-state index >= 15 is 0 Å². The van der Waals surface area contributed by atoms with E-state index in [4.69, 9.17) is 5.73 Å². The lowest BCUT2D eigenvalue weighted by atomic mass is 10.2. The minimum atomic E-state index is -0.228. The number of primary amides is 1. The highest BCUT2D eigenvalue weighted by Crippen LogP contribution is 2.10. The first-order valence-corrected chi connectivity index (χ1v) is 5.08. The number of hydrogen-bond donors (Lipinski definition) is 2. The van der Waals surface area contributed by atoms with Gasteiger partial charge in [-0.1, -0.05) is 0 Å². The van der Waals surface area contributed by atoms with Gasteiger partial charge in [-0.25, -0.2) is 4.98 Å². The lowest BCUT2D eigenvalue weighted by Gasteiger charge is -2.00. The molecule has 0 spiro atoms. The van der Waals surface area contributed by atoms with E-state index in [0.717, 1.165) is 24.5 Å². The van der Waals surface area contributed by atoms with Crippen LogP contribution in [0.4, 0.5) is 5.13 Å². The van der Waals surface area contributed by atoms with Crippen molar-refractivity contribution in [2.45, 2.75) is 19.3 Å². The number of carbonyl (C=O) groups is 1. The Morgan fingerprint density at radius 1 is 1.62 bits per heavy atom. The van der Waals surface area contributed by atoms with Crippen molar-refractivity contribution in [1.82, 2.24) is 4.98 Å². The van der Waals surface area contributed by atoms with Crippen LogP contribution < -0.4 is 11.1 Å². The molecule has 1 aromatic heterocycles. The van der Waals surface area contributed by atoms with Crippen LogP contribution in [-0.4, -0.2) is 17.4 Å². The van der Waals surface area contributed by atoms with Crippen molar-refractivity contribution < 1.29 is 4.79 Å². The predicted molar refractivity (Wildman–Crippen MR) is 53.6 cm³/mol. The summed E-state index contributed by atoms with van der Waals surface area (Å²) in [6.45, 7) is 0.848. The fourth-order valence-corrected chi connectivity index (χ4v) is 1.49. The second-order valence-electron chi connectivity index (χ2n) is 2.69. The van der Waals surface area contributed by atoms with Gasteiger partial charge in [-0.2, -0.15) is 0 Å². The van der Waals surface area contributed by atoms with E-state index in [-0.39, 0.29) is 5.91 Å². The number of thiazole rings is 1. The smallest absolute Gasteiger partial charge is 0.217 e. The van der Waals surface area contributed by atoms with E-state index in [2.05, 4.69) is 10.3 Å². The van der Waals surface area contributed by atoms with Crippen molar-refractivity contribution in [1.29, 1.82) is 0 Å². The summed E-state index contributed by atoms with van der Waals surface area (Å²) in [5.41, 5.74) is 5.00. The highest BCUT2D eigenvalue weighted by atomic mass is 32.1. The summed E-state index contributed by atoms with van der Waals surface area (Å²) >= 11 is 1.57. The number of aromatic nitrogens is 1. The fraction of sp³-hybridized carbons (Fsp3) is 0.500. The highest BCUT2D eigenvalue weighted by Gasteiger charge is 1.95. The summed E-state index contributed by atoms with van der Waals surface area (Å²) in [4.78, 5) is 14.4. The molecule has 0 aliphatic rings. The molecule has 1 heterocycles. The number of amides is 1. The largest absolute Gasteiger partial charge is 0.370 e. The molecule has 0 fully saturated rings. The number of nitrogens with zero attached hydrogens (tertiary/aromatic N) is 1. The molecule has 0 bridgehead atoms. The van der Waals surface area contributed by atoms with Crippen LogP contribution in [0, 0.1) is 0 Å². The molecule has 1 rings (SSSR count). The number of rotatable bonds is 6. The molecule has 1 aromatic rings. The van der Waals surface area contributed by atoms with E-state index in [1.807, 2.05) is 5.38 Å². The number of hydrogen-bond acceptors (Lipinski definition) is 4. The number of anilines is 1. The van der Waals surface area contributed by atoms with Crippen molar-refractivity contribution >= 4 is 22.4 Å². The predicted octanol–water partition coefficient (Wildman–Crippen LogP) is 1.21.